The Kier molecular flexibility index (Phi) is 4.22. The first-order valence-corrected chi connectivity index (χ1v) is 8.02. The molecule has 4 nitrogen and oxygen atoms in total. The SMILES string of the molecule is CCCNC(C)c1nnc(-c2nccc3ccccc23)s1. The summed E-state index contributed by atoms with van der Waals surface area (Å²) in [5, 5.41) is 16.3. The van der Waals surface area contributed by atoms with Crippen LogP contribution in [0.1, 0.15) is 31.3 Å². The molecule has 1 atom stereocenters. The summed E-state index contributed by atoms with van der Waals surface area (Å²) in [6.45, 7) is 5.27. The van der Waals surface area contributed by atoms with Crippen molar-refractivity contribution >= 4 is 22.1 Å². The first kappa shape index (κ1) is 14.1. The fourth-order valence-electron chi connectivity index (χ4n) is 2.24. The van der Waals surface area contributed by atoms with Gasteiger partial charge in [0.1, 0.15) is 10.7 Å². The zero-order chi connectivity index (χ0) is 14.7. The summed E-state index contributed by atoms with van der Waals surface area (Å²) in [5.41, 5.74) is 0.916. The second-order valence-electron chi connectivity index (χ2n) is 5.00. The maximum absolute atomic E-state index is 4.50. The van der Waals surface area contributed by atoms with Crippen molar-refractivity contribution in [1.82, 2.24) is 20.5 Å². The van der Waals surface area contributed by atoms with Crippen LogP contribution < -0.4 is 5.32 Å². The van der Waals surface area contributed by atoms with Crippen LogP contribution in [-0.2, 0) is 0 Å². The average Bonchev–Trinajstić information content (AvgIpc) is 3.02. The number of nitrogens with one attached hydrogen (secondary N) is 1. The van der Waals surface area contributed by atoms with E-state index in [-0.39, 0.29) is 6.04 Å². The summed E-state index contributed by atoms with van der Waals surface area (Å²) in [6, 6.07) is 10.5. The second kappa shape index (κ2) is 6.28. The summed E-state index contributed by atoms with van der Waals surface area (Å²) >= 11 is 1.61. The topological polar surface area (TPSA) is 50.7 Å². The van der Waals surface area contributed by atoms with Crippen LogP contribution in [0.15, 0.2) is 36.5 Å². The number of benzene rings is 1. The van der Waals surface area contributed by atoms with Gasteiger partial charge < -0.3 is 5.32 Å². The normalized spacial score (nSPS) is 12.7. The smallest absolute Gasteiger partial charge is 0.166 e. The fourth-order valence-corrected chi connectivity index (χ4v) is 3.12. The molecule has 1 unspecified atom stereocenters. The van der Waals surface area contributed by atoms with E-state index in [2.05, 4.69) is 46.5 Å². The van der Waals surface area contributed by atoms with Crippen molar-refractivity contribution in [3.63, 3.8) is 0 Å². The monoisotopic (exact) mass is 298 g/mol. The fraction of sp³-hybridized carbons (Fsp3) is 0.312. The van der Waals surface area contributed by atoms with Crippen molar-refractivity contribution in [3.05, 3.63) is 41.5 Å². The number of nitrogens with zero attached hydrogens (tertiary/aromatic N) is 3. The van der Waals surface area contributed by atoms with E-state index in [4.69, 9.17) is 0 Å². The summed E-state index contributed by atoms with van der Waals surface area (Å²) in [4.78, 5) is 4.50. The van der Waals surface area contributed by atoms with Crippen molar-refractivity contribution in [1.29, 1.82) is 0 Å². The number of hydrogen-bond donors (Lipinski definition) is 1. The van der Waals surface area contributed by atoms with Gasteiger partial charge in [0.25, 0.3) is 0 Å². The zero-order valence-corrected chi connectivity index (χ0v) is 13.0. The van der Waals surface area contributed by atoms with Gasteiger partial charge in [-0.25, -0.2) is 0 Å². The highest BCUT2D eigenvalue weighted by Crippen LogP contribution is 2.30. The molecule has 0 saturated heterocycles. The van der Waals surface area contributed by atoms with Gasteiger partial charge in [-0.05, 0) is 31.3 Å². The minimum Gasteiger partial charge on any atom is -0.308 e. The minimum absolute atomic E-state index is 0.228. The van der Waals surface area contributed by atoms with Gasteiger partial charge in [0, 0.05) is 11.6 Å². The molecule has 0 bridgehead atoms. The number of hydrogen-bond acceptors (Lipinski definition) is 5. The Morgan fingerprint density at radius 2 is 2.05 bits per heavy atom. The van der Waals surface area contributed by atoms with Crippen LogP contribution in [0, 0.1) is 0 Å². The lowest BCUT2D eigenvalue weighted by molar-refractivity contribution is 0.564. The third-order valence-corrected chi connectivity index (χ3v) is 4.50. The van der Waals surface area contributed by atoms with Crippen molar-refractivity contribution in [2.75, 3.05) is 6.54 Å². The Balaban J connectivity index is 1.95. The molecule has 0 aliphatic rings. The van der Waals surface area contributed by atoms with E-state index in [1.54, 1.807) is 11.3 Å². The quantitative estimate of drug-likeness (QED) is 0.778. The van der Waals surface area contributed by atoms with E-state index in [9.17, 15) is 0 Å². The molecule has 0 saturated carbocycles. The summed E-state index contributed by atoms with van der Waals surface area (Å²) in [6.07, 6.45) is 2.94. The van der Waals surface area contributed by atoms with Gasteiger partial charge in [-0.2, -0.15) is 0 Å². The average molecular weight is 298 g/mol. The van der Waals surface area contributed by atoms with Crippen molar-refractivity contribution in [2.45, 2.75) is 26.3 Å². The third-order valence-electron chi connectivity index (χ3n) is 3.39. The lowest BCUT2D eigenvalue weighted by Crippen LogP contribution is -2.18. The summed E-state index contributed by atoms with van der Waals surface area (Å²) in [7, 11) is 0. The van der Waals surface area contributed by atoms with Gasteiger partial charge in [-0.3, -0.25) is 4.98 Å². The molecule has 0 radical (unpaired) electrons. The Hall–Kier alpha value is -1.85. The molecule has 3 rings (SSSR count). The molecule has 3 aromatic rings. The largest absolute Gasteiger partial charge is 0.308 e. The molecule has 1 N–H and O–H groups in total. The highest BCUT2D eigenvalue weighted by Gasteiger charge is 2.14. The summed E-state index contributed by atoms with van der Waals surface area (Å²) in [5.74, 6) is 0. The standard InChI is InChI=1S/C16H18N4S/c1-3-9-17-11(2)15-19-20-16(21-15)14-13-7-5-4-6-12(13)8-10-18-14/h4-8,10-11,17H,3,9H2,1-2H3. The predicted octanol–water partition coefficient (Wildman–Crippen LogP) is 3.81. The van der Waals surface area contributed by atoms with Crippen molar-refractivity contribution in [3.8, 4) is 10.7 Å². The first-order valence-electron chi connectivity index (χ1n) is 7.20. The van der Waals surface area contributed by atoms with Crippen LogP contribution in [0.2, 0.25) is 0 Å². The van der Waals surface area contributed by atoms with E-state index < -0.39 is 0 Å². The van der Waals surface area contributed by atoms with Crippen LogP contribution >= 0.6 is 11.3 Å². The first-order chi connectivity index (χ1) is 10.3. The number of pyridine rings is 1. The number of aromatic nitrogens is 3. The molecule has 108 valence electrons. The number of rotatable bonds is 5. The van der Waals surface area contributed by atoms with E-state index in [1.165, 1.54) is 5.39 Å². The maximum atomic E-state index is 4.50. The molecule has 0 amide bonds. The molecule has 0 aliphatic heterocycles. The molecule has 2 aromatic heterocycles. The lowest BCUT2D eigenvalue weighted by Gasteiger charge is -2.08. The molecule has 2 heterocycles. The van der Waals surface area contributed by atoms with Gasteiger partial charge in [-0.15, -0.1) is 10.2 Å². The molecule has 5 heteroatoms. The Morgan fingerprint density at radius 3 is 2.90 bits per heavy atom. The zero-order valence-electron chi connectivity index (χ0n) is 12.2. The Bertz CT molecular complexity index is 732. The van der Waals surface area contributed by atoms with Crippen LogP contribution in [-0.4, -0.2) is 21.7 Å². The Morgan fingerprint density at radius 1 is 1.19 bits per heavy atom. The van der Waals surface area contributed by atoms with Crippen molar-refractivity contribution in [2.24, 2.45) is 0 Å². The van der Waals surface area contributed by atoms with Crippen LogP contribution in [0.4, 0.5) is 0 Å². The van der Waals surface area contributed by atoms with Crippen LogP contribution in [0.5, 0.6) is 0 Å². The second-order valence-corrected chi connectivity index (χ2v) is 6.01. The lowest BCUT2D eigenvalue weighted by atomic mass is 10.1. The maximum Gasteiger partial charge on any atom is 0.166 e. The molecule has 0 fully saturated rings. The van der Waals surface area contributed by atoms with Crippen molar-refractivity contribution < 1.29 is 0 Å². The van der Waals surface area contributed by atoms with E-state index in [0.29, 0.717) is 0 Å². The van der Waals surface area contributed by atoms with E-state index >= 15 is 0 Å². The van der Waals surface area contributed by atoms with Crippen LogP contribution in [0.3, 0.4) is 0 Å². The molecule has 1 aromatic carbocycles. The molecule has 0 aliphatic carbocycles. The van der Waals surface area contributed by atoms with Gasteiger partial charge in [0.15, 0.2) is 5.01 Å². The van der Waals surface area contributed by atoms with Gasteiger partial charge >= 0.3 is 0 Å². The molecular weight excluding hydrogens is 280 g/mol. The van der Waals surface area contributed by atoms with Gasteiger partial charge in [0.05, 0.1) is 6.04 Å². The molecular formula is C16H18N4S. The van der Waals surface area contributed by atoms with Gasteiger partial charge in [-0.1, -0.05) is 42.5 Å². The summed E-state index contributed by atoms with van der Waals surface area (Å²) < 4.78 is 0. The Labute approximate surface area is 128 Å². The van der Waals surface area contributed by atoms with E-state index in [1.807, 2.05) is 24.4 Å². The highest BCUT2D eigenvalue weighted by molar-refractivity contribution is 7.14. The highest BCUT2D eigenvalue weighted by atomic mass is 32.1. The van der Waals surface area contributed by atoms with E-state index in [0.717, 1.165) is 34.1 Å². The van der Waals surface area contributed by atoms with Gasteiger partial charge in [0.2, 0.25) is 0 Å². The third kappa shape index (κ3) is 2.94. The molecule has 0 spiro atoms. The number of fused-ring (bicyclic) bond motifs is 1. The van der Waals surface area contributed by atoms with Crippen LogP contribution in [0.25, 0.3) is 21.5 Å². The predicted molar refractivity (Wildman–Crippen MR) is 87.4 cm³/mol. The minimum atomic E-state index is 0.228. The molecule has 21 heavy (non-hydrogen) atoms.